The van der Waals surface area contributed by atoms with Crippen molar-refractivity contribution in [2.75, 3.05) is 19.7 Å². The van der Waals surface area contributed by atoms with Gasteiger partial charge in [-0.25, -0.2) is 8.42 Å². The van der Waals surface area contributed by atoms with Crippen LogP contribution in [0.25, 0.3) is 0 Å². The summed E-state index contributed by atoms with van der Waals surface area (Å²) in [7, 11) is -5.51. The maximum absolute atomic E-state index is 12.9. The van der Waals surface area contributed by atoms with Gasteiger partial charge in [0.15, 0.2) is 8.32 Å². The van der Waals surface area contributed by atoms with E-state index in [1.807, 2.05) is 19.1 Å². The molecule has 5 nitrogen and oxygen atoms in total. The summed E-state index contributed by atoms with van der Waals surface area (Å²) in [5.41, 5.74) is 1.03. The fraction of sp³-hybridized carbons (Fsp3) is 0.684. The van der Waals surface area contributed by atoms with Crippen molar-refractivity contribution in [2.45, 2.75) is 63.2 Å². The van der Waals surface area contributed by atoms with Gasteiger partial charge < -0.3 is 9.53 Å². The predicted molar refractivity (Wildman–Crippen MR) is 107 cm³/mol. The second-order valence-corrected chi connectivity index (χ2v) is 15.5. The number of aliphatic hydroxyl groups is 1. The van der Waals surface area contributed by atoms with Crippen molar-refractivity contribution in [1.29, 1.82) is 0 Å². The first-order chi connectivity index (χ1) is 11.9. The minimum Gasteiger partial charge on any atom is -0.413 e. The minimum absolute atomic E-state index is 0.0702. The smallest absolute Gasteiger partial charge is 0.243 e. The normalized spacial score (nSPS) is 23.2. The highest BCUT2D eigenvalue weighted by Crippen LogP contribution is 2.39. The number of piperidine rings is 1. The third-order valence-corrected chi connectivity index (χ3v) is 12.2. The molecule has 2 rings (SSSR count). The summed E-state index contributed by atoms with van der Waals surface area (Å²) in [5, 5.41) is 9.95. The Bertz CT molecular complexity index is 710. The molecule has 26 heavy (non-hydrogen) atoms. The zero-order chi connectivity index (χ0) is 19.8. The molecule has 2 atom stereocenters. The van der Waals surface area contributed by atoms with Crippen molar-refractivity contribution in [3.63, 3.8) is 0 Å². The van der Waals surface area contributed by atoms with Crippen molar-refractivity contribution in [1.82, 2.24) is 4.31 Å². The van der Waals surface area contributed by atoms with Crippen LogP contribution in [0.15, 0.2) is 29.2 Å². The first kappa shape index (κ1) is 21.6. The molecule has 1 heterocycles. The second kappa shape index (κ2) is 7.71. The van der Waals surface area contributed by atoms with Crippen LogP contribution in [-0.2, 0) is 14.4 Å². The predicted octanol–water partition coefficient (Wildman–Crippen LogP) is 3.39. The zero-order valence-corrected chi connectivity index (χ0v) is 18.6. The lowest BCUT2D eigenvalue weighted by Crippen LogP contribution is -2.53. The van der Waals surface area contributed by atoms with Crippen LogP contribution in [-0.4, -0.2) is 51.9 Å². The van der Waals surface area contributed by atoms with Gasteiger partial charge in [-0.2, -0.15) is 4.31 Å². The molecule has 1 N–H and O–H groups in total. The molecule has 1 fully saturated rings. The minimum atomic E-state index is -3.54. The Labute approximate surface area is 159 Å². The molecule has 1 aliphatic heterocycles. The summed E-state index contributed by atoms with van der Waals surface area (Å²) in [6, 6.07) is 6.92. The molecule has 0 amide bonds. The zero-order valence-electron chi connectivity index (χ0n) is 16.8. The molecule has 7 heteroatoms. The average Bonchev–Trinajstić information content (AvgIpc) is 2.54. The summed E-state index contributed by atoms with van der Waals surface area (Å²) >= 11 is 0. The first-order valence-electron chi connectivity index (χ1n) is 9.24. The number of aryl methyl sites for hydroxylation is 1. The molecule has 1 aromatic carbocycles. The van der Waals surface area contributed by atoms with E-state index < -0.39 is 18.3 Å². The maximum atomic E-state index is 12.9. The highest BCUT2D eigenvalue weighted by Gasteiger charge is 2.43. The Balaban J connectivity index is 2.15. The van der Waals surface area contributed by atoms with Gasteiger partial charge in [0.25, 0.3) is 0 Å². The topological polar surface area (TPSA) is 66.8 Å². The largest absolute Gasteiger partial charge is 0.413 e. The van der Waals surface area contributed by atoms with Crippen LogP contribution in [0.5, 0.6) is 0 Å². The Morgan fingerprint density at radius 1 is 1.23 bits per heavy atom. The van der Waals surface area contributed by atoms with Crippen LogP contribution in [0, 0.1) is 12.8 Å². The maximum Gasteiger partial charge on any atom is 0.243 e. The molecular weight excluding hydrogens is 366 g/mol. The lowest BCUT2D eigenvalue weighted by Gasteiger charge is -2.44. The summed E-state index contributed by atoms with van der Waals surface area (Å²) in [6.45, 7) is 13.5. The Kier molecular flexibility index (Phi) is 6.40. The van der Waals surface area contributed by atoms with Crippen LogP contribution in [0.4, 0.5) is 0 Å². The highest BCUT2D eigenvalue weighted by atomic mass is 32.2. The number of sulfonamides is 1. The van der Waals surface area contributed by atoms with E-state index >= 15 is 0 Å². The summed E-state index contributed by atoms with van der Waals surface area (Å²) in [4.78, 5) is 0.309. The molecular formula is C19H33NO4SSi. The van der Waals surface area contributed by atoms with Crippen molar-refractivity contribution < 1.29 is 18.0 Å². The van der Waals surface area contributed by atoms with E-state index in [0.717, 1.165) is 5.56 Å². The van der Waals surface area contributed by atoms with Gasteiger partial charge >= 0.3 is 0 Å². The number of nitrogens with zero attached hydrogens (tertiary/aromatic N) is 1. The van der Waals surface area contributed by atoms with Crippen LogP contribution in [0.3, 0.4) is 0 Å². The van der Waals surface area contributed by atoms with Crippen molar-refractivity contribution in [3.8, 4) is 0 Å². The Morgan fingerprint density at radius 2 is 1.81 bits per heavy atom. The Hall–Kier alpha value is -0.733. The van der Waals surface area contributed by atoms with Crippen molar-refractivity contribution in [2.24, 2.45) is 5.92 Å². The molecule has 0 aromatic heterocycles. The van der Waals surface area contributed by atoms with E-state index in [2.05, 4.69) is 33.9 Å². The van der Waals surface area contributed by atoms with Gasteiger partial charge in [0.2, 0.25) is 10.0 Å². The lowest BCUT2D eigenvalue weighted by atomic mass is 9.97. The quantitative estimate of drug-likeness (QED) is 0.771. The molecule has 0 radical (unpaired) electrons. The van der Waals surface area contributed by atoms with Crippen molar-refractivity contribution in [3.05, 3.63) is 29.8 Å². The lowest BCUT2D eigenvalue weighted by molar-refractivity contribution is 0.0309. The molecule has 0 aliphatic carbocycles. The van der Waals surface area contributed by atoms with Gasteiger partial charge in [0.1, 0.15) is 0 Å². The standard InChI is InChI=1S/C19H33NO4SSi/c1-15-7-9-17(10-8-15)25(22,23)20-12-11-18(16(13-20)14-21)24-26(5,6)19(2,3)4/h7-10,16,18,21H,11-14H2,1-6H3/t16-,18-/m0/s1. The van der Waals surface area contributed by atoms with Gasteiger partial charge in [0, 0.05) is 25.6 Å². The van der Waals surface area contributed by atoms with Gasteiger partial charge in [-0.15, -0.1) is 0 Å². The van der Waals surface area contributed by atoms with E-state index in [9.17, 15) is 13.5 Å². The molecule has 0 unspecified atom stereocenters. The molecule has 0 bridgehead atoms. The van der Waals surface area contributed by atoms with E-state index in [-0.39, 0.29) is 23.7 Å². The average molecular weight is 400 g/mol. The molecule has 1 saturated heterocycles. The summed E-state index contributed by atoms with van der Waals surface area (Å²) in [6.07, 6.45) is 0.522. The highest BCUT2D eigenvalue weighted by molar-refractivity contribution is 7.89. The molecule has 1 aliphatic rings. The van der Waals surface area contributed by atoms with Gasteiger partial charge in [-0.1, -0.05) is 38.5 Å². The van der Waals surface area contributed by atoms with E-state index in [1.165, 1.54) is 4.31 Å². The number of benzene rings is 1. The van der Waals surface area contributed by atoms with E-state index in [0.29, 0.717) is 24.4 Å². The number of aliphatic hydroxyl groups excluding tert-OH is 1. The van der Waals surface area contributed by atoms with Gasteiger partial charge in [0.05, 0.1) is 11.0 Å². The summed E-state index contributed by atoms with van der Waals surface area (Å²) in [5.74, 6) is -0.196. The monoisotopic (exact) mass is 399 g/mol. The van der Waals surface area contributed by atoms with Crippen LogP contribution >= 0.6 is 0 Å². The van der Waals surface area contributed by atoms with Crippen LogP contribution in [0.1, 0.15) is 32.8 Å². The number of hydrogen-bond acceptors (Lipinski definition) is 4. The van der Waals surface area contributed by atoms with Crippen LogP contribution in [0.2, 0.25) is 18.1 Å². The fourth-order valence-corrected chi connectivity index (χ4v) is 5.87. The number of rotatable bonds is 5. The van der Waals surface area contributed by atoms with Crippen molar-refractivity contribution >= 4 is 18.3 Å². The van der Waals surface area contributed by atoms with Gasteiger partial charge in [-0.05, 0) is 43.6 Å². The summed E-state index contributed by atoms with van der Waals surface area (Å²) < 4.78 is 33.8. The van der Waals surface area contributed by atoms with E-state index in [4.69, 9.17) is 4.43 Å². The SMILES string of the molecule is Cc1ccc(S(=O)(=O)N2CC[C@H](O[Si](C)(C)C(C)(C)C)[C@H](CO)C2)cc1. The first-order valence-corrected chi connectivity index (χ1v) is 13.6. The Morgan fingerprint density at radius 3 is 2.31 bits per heavy atom. The molecule has 1 aromatic rings. The fourth-order valence-electron chi connectivity index (χ4n) is 2.94. The van der Waals surface area contributed by atoms with Crippen LogP contribution < -0.4 is 0 Å². The van der Waals surface area contributed by atoms with E-state index in [1.54, 1.807) is 12.1 Å². The third kappa shape index (κ3) is 4.57. The number of hydrogen-bond donors (Lipinski definition) is 1. The molecule has 0 saturated carbocycles. The third-order valence-electron chi connectivity index (χ3n) is 5.77. The van der Waals surface area contributed by atoms with Gasteiger partial charge in [-0.3, -0.25) is 0 Å². The second-order valence-electron chi connectivity index (χ2n) is 8.82. The molecule has 0 spiro atoms. The molecule has 148 valence electrons.